The molecule has 0 saturated heterocycles. The molecule has 0 aliphatic heterocycles. The molecule has 2 aromatic carbocycles. The predicted molar refractivity (Wildman–Crippen MR) is 94.4 cm³/mol. The first-order valence-electron chi connectivity index (χ1n) is 6.01. The fourth-order valence-corrected chi connectivity index (χ4v) is 6.37. The Hall–Kier alpha value is -0.960. The van der Waals surface area contributed by atoms with Gasteiger partial charge in [0, 0.05) is 19.3 Å². The van der Waals surface area contributed by atoms with Gasteiger partial charge in [-0.15, -0.1) is 11.3 Å². The van der Waals surface area contributed by atoms with Gasteiger partial charge in [-0.2, -0.15) is 0 Å². The Morgan fingerprint density at radius 3 is 2.41 bits per heavy atom. The molecule has 0 saturated carbocycles. The van der Waals surface area contributed by atoms with Crippen LogP contribution in [0.25, 0.3) is 10.1 Å². The second-order valence-corrected chi connectivity index (χ2v) is 8.75. The van der Waals surface area contributed by atoms with E-state index in [0.717, 1.165) is 22.2 Å². The average Bonchev–Trinajstić information content (AvgIpc) is 2.83. The predicted octanol–water partition coefficient (Wildman–Crippen LogP) is 5.37. The van der Waals surface area contributed by atoms with Crippen LogP contribution in [-0.4, -0.2) is 8.42 Å². The van der Waals surface area contributed by atoms with Crippen LogP contribution >= 0.6 is 43.2 Å². The number of halogens is 3. The van der Waals surface area contributed by atoms with Crippen LogP contribution in [0.5, 0.6) is 0 Å². The summed E-state index contributed by atoms with van der Waals surface area (Å²) in [5, 5.41) is 2.90. The molecular weight excluding hydrogens is 457 g/mol. The van der Waals surface area contributed by atoms with Gasteiger partial charge in [0.25, 0.3) is 10.0 Å². The third-order valence-corrected chi connectivity index (χ3v) is 7.09. The van der Waals surface area contributed by atoms with Gasteiger partial charge >= 0.3 is 0 Å². The number of benzene rings is 2. The average molecular weight is 465 g/mol. The lowest BCUT2D eigenvalue weighted by Gasteiger charge is -2.11. The van der Waals surface area contributed by atoms with Crippen molar-refractivity contribution in [1.82, 2.24) is 0 Å². The number of anilines is 1. The van der Waals surface area contributed by atoms with Crippen molar-refractivity contribution < 1.29 is 12.8 Å². The van der Waals surface area contributed by atoms with E-state index in [1.165, 1.54) is 0 Å². The summed E-state index contributed by atoms with van der Waals surface area (Å²) in [4.78, 5) is -0.0423. The van der Waals surface area contributed by atoms with Gasteiger partial charge in [0.1, 0.15) is 10.7 Å². The standard InChI is InChI=1S/C14H8Br2FNO2S2/c15-11-6-9(17)7-12(16)14(11)22(19,20)18-10-1-2-13-8(5-10)3-4-21-13/h1-7,18H. The normalized spacial score (nSPS) is 11.8. The van der Waals surface area contributed by atoms with E-state index >= 15 is 0 Å². The largest absolute Gasteiger partial charge is 0.280 e. The molecule has 1 heterocycles. The molecule has 1 aromatic heterocycles. The first kappa shape index (κ1) is 15.9. The van der Waals surface area contributed by atoms with Crippen molar-refractivity contribution >= 4 is 69.0 Å². The summed E-state index contributed by atoms with van der Waals surface area (Å²) in [5.74, 6) is -0.530. The van der Waals surface area contributed by atoms with Crippen molar-refractivity contribution in [1.29, 1.82) is 0 Å². The summed E-state index contributed by atoms with van der Waals surface area (Å²) in [6.45, 7) is 0. The van der Waals surface area contributed by atoms with Crippen LogP contribution in [0, 0.1) is 5.82 Å². The number of hydrogen-bond acceptors (Lipinski definition) is 3. The lowest BCUT2D eigenvalue weighted by Crippen LogP contribution is -2.14. The Labute approximate surface area is 147 Å². The molecule has 8 heteroatoms. The van der Waals surface area contributed by atoms with E-state index in [1.807, 2.05) is 17.5 Å². The summed E-state index contributed by atoms with van der Waals surface area (Å²) < 4.78 is 42.3. The quantitative estimate of drug-likeness (QED) is 0.566. The smallest absolute Gasteiger partial charge is 0.264 e. The second kappa shape index (κ2) is 5.92. The minimum absolute atomic E-state index is 0.0423. The number of sulfonamides is 1. The fourth-order valence-electron chi connectivity index (χ4n) is 2.02. The van der Waals surface area contributed by atoms with Gasteiger partial charge in [0.05, 0.1) is 0 Å². The molecule has 22 heavy (non-hydrogen) atoms. The highest BCUT2D eigenvalue weighted by Gasteiger charge is 2.22. The van der Waals surface area contributed by atoms with Gasteiger partial charge in [0.2, 0.25) is 0 Å². The SMILES string of the molecule is O=S(=O)(Nc1ccc2sccc2c1)c1c(Br)cc(F)cc1Br. The molecule has 0 fully saturated rings. The van der Waals surface area contributed by atoms with Crippen LogP contribution in [0.3, 0.4) is 0 Å². The van der Waals surface area contributed by atoms with Crippen LogP contribution in [-0.2, 0) is 10.0 Å². The van der Waals surface area contributed by atoms with E-state index in [4.69, 9.17) is 0 Å². The van der Waals surface area contributed by atoms with Gasteiger partial charge in [-0.1, -0.05) is 0 Å². The van der Waals surface area contributed by atoms with Crippen molar-refractivity contribution in [2.45, 2.75) is 4.90 Å². The maximum absolute atomic E-state index is 13.3. The topological polar surface area (TPSA) is 46.2 Å². The zero-order valence-corrected chi connectivity index (χ0v) is 15.6. The van der Waals surface area contributed by atoms with Gasteiger partial charge in [0.15, 0.2) is 0 Å². The van der Waals surface area contributed by atoms with Gasteiger partial charge < -0.3 is 0 Å². The Morgan fingerprint density at radius 2 is 1.73 bits per heavy atom. The fraction of sp³-hybridized carbons (Fsp3) is 0. The van der Waals surface area contributed by atoms with E-state index in [0.29, 0.717) is 5.69 Å². The van der Waals surface area contributed by atoms with Crippen molar-refractivity contribution in [2.75, 3.05) is 4.72 Å². The lowest BCUT2D eigenvalue weighted by atomic mass is 10.2. The molecule has 0 amide bonds. The summed E-state index contributed by atoms with van der Waals surface area (Å²) in [6.07, 6.45) is 0. The van der Waals surface area contributed by atoms with Crippen LogP contribution in [0.15, 0.2) is 55.6 Å². The summed E-state index contributed by atoms with van der Waals surface area (Å²) in [6, 6.07) is 9.45. The van der Waals surface area contributed by atoms with E-state index < -0.39 is 15.8 Å². The third kappa shape index (κ3) is 3.05. The van der Waals surface area contributed by atoms with Crippen molar-refractivity contribution in [2.24, 2.45) is 0 Å². The number of thiophene rings is 1. The first-order valence-corrected chi connectivity index (χ1v) is 9.96. The molecule has 3 nitrogen and oxygen atoms in total. The highest BCUT2D eigenvalue weighted by atomic mass is 79.9. The molecule has 0 bridgehead atoms. The molecular formula is C14H8Br2FNO2S2. The van der Waals surface area contributed by atoms with Crippen LogP contribution < -0.4 is 4.72 Å². The molecule has 0 aliphatic carbocycles. The van der Waals surface area contributed by atoms with Crippen LogP contribution in [0.2, 0.25) is 0 Å². The molecule has 114 valence electrons. The number of fused-ring (bicyclic) bond motifs is 1. The minimum Gasteiger partial charge on any atom is -0.280 e. The molecule has 3 rings (SSSR count). The molecule has 0 radical (unpaired) electrons. The highest BCUT2D eigenvalue weighted by Crippen LogP contribution is 2.33. The Kier molecular flexibility index (Phi) is 4.28. The van der Waals surface area contributed by atoms with Crippen molar-refractivity contribution in [3.8, 4) is 0 Å². The Morgan fingerprint density at radius 1 is 1.05 bits per heavy atom. The minimum atomic E-state index is -3.85. The third-order valence-electron chi connectivity index (χ3n) is 2.94. The number of hydrogen-bond donors (Lipinski definition) is 1. The van der Waals surface area contributed by atoms with Gasteiger partial charge in [-0.25, -0.2) is 12.8 Å². The number of rotatable bonds is 3. The molecule has 0 spiro atoms. The Bertz CT molecular complexity index is 947. The van der Waals surface area contributed by atoms with E-state index in [1.54, 1.807) is 23.5 Å². The molecule has 0 aliphatic rings. The van der Waals surface area contributed by atoms with E-state index in [-0.39, 0.29) is 13.8 Å². The van der Waals surface area contributed by atoms with Gasteiger partial charge in [-0.05, 0) is 79.0 Å². The zero-order valence-electron chi connectivity index (χ0n) is 10.8. The van der Waals surface area contributed by atoms with Gasteiger partial charge in [-0.3, -0.25) is 4.72 Å². The van der Waals surface area contributed by atoms with Crippen molar-refractivity contribution in [3.05, 3.63) is 56.5 Å². The van der Waals surface area contributed by atoms with Crippen LogP contribution in [0.4, 0.5) is 10.1 Å². The summed E-state index contributed by atoms with van der Waals surface area (Å²) >= 11 is 7.77. The van der Waals surface area contributed by atoms with E-state index in [9.17, 15) is 12.8 Å². The molecule has 0 unspecified atom stereocenters. The highest BCUT2D eigenvalue weighted by molar-refractivity contribution is 9.11. The first-order chi connectivity index (χ1) is 10.4. The maximum atomic E-state index is 13.3. The monoisotopic (exact) mass is 463 g/mol. The molecule has 3 aromatic rings. The summed E-state index contributed by atoms with van der Waals surface area (Å²) in [5.41, 5.74) is 0.453. The second-order valence-electron chi connectivity index (χ2n) is 4.48. The Balaban J connectivity index is 2.03. The maximum Gasteiger partial charge on any atom is 0.264 e. The molecule has 0 atom stereocenters. The lowest BCUT2D eigenvalue weighted by molar-refractivity contribution is 0.598. The van der Waals surface area contributed by atoms with Crippen molar-refractivity contribution in [3.63, 3.8) is 0 Å². The summed E-state index contributed by atoms with van der Waals surface area (Å²) in [7, 11) is -3.85. The van der Waals surface area contributed by atoms with Crippen LogP contribution in [0.1, 0.15) is 0 Å². The van der Waals surface area contributed by atoms with E-state index in [2.05, 4.69) is 36.6 Å². The number of nitrogens with one attached hydrogen (secondary N) is 1. The zero-order chi connectivity index (χ0) is 15.9. The molecule has 1 N–H and O–H groups in total.